The molecule has 0 heterocycles. The minimum atomic E-state index is -4.19. The molecule has 0 saturated heterocycles. The lowest BCUT2D eigenvalue weighted by atomic mass is 10.0. The summed E-state index contributed by atoms with van der Waals surface area (Å²) >= 11 is 6.45. The summed E-state index contributed by atoms with van der Waals surface area (Å²) in [6.07, 6.45) is 1.96. The largest absolute Gasteiger partial charge is 0.354 e. The van der Waals surface area contributed by atoms with Crippen molar-refractivity contribution in [2.24, 2.45) is 0 Å². The zero-order chi connectivity index (χ0) is 32.4. The van der Waals surface area contributed by atoms with Crippen molar-refractivity contribution < 1.29 is 18.0 Å². The molecule has 0 aliphatic rings. The number of hydrogen-bond acceptors (Lipinski definition) is 4. The fourth-order valence-electron chi connectivity index (χ4n) is 5.05. The summed E-state index contributed by atoms with van der Waals surface area (Å²) in [5.74, 6) is -0.802. The van der Waals surface area contributed by atoms with E-state index in [0.717, 1.165) is 39.4 Å². The van der Waals surface area contributed by atoms with Gasteiger partial charge in [-0.2, -0.15) is 0 Å². The molecule has 0 bridgehead atoms. The summed E-state index contributed by atoms with van der Waals surface area (Å²) in [6, 6.07) is 29.3. The normalized spacial score (nSPS) is 11.9. The lowest BCUT2D eigenvalue weighted by Gasteiger charge is -2.34. The Balaban J connectivity index is 1.80. The van der Waals surface area contributed by atoms with Crippen molar-refractivity contribution >= 4 is 39.1 Å². The zero-order valence-electron chi connectivity index (χ0n) is 25.9. The molecule has 236 valence electrons. The molecule has 0 unspecified atom stereocenters. The third kappa shape index (κ3) is 8.96. The first-order chi connectivity index (χ1) is 21.6. The van der Waals surface area contributed by atoms with Gasteiger partial charge in [-0.25, -0.2) is 8.42 Å². The van der Waals surface area contributed by atoms with Crippen molar-refractivity contribution in [3.63, 3.8) is 0 Å². The number of unbranched alkanes of at least 4 members (excludes halogenated alkanes) is 1. The minimum Gasteiger partial charge on any atom is -0.354 e. The standard InChI is InChI=1S/C36H40ClN3O4S/c1-4-5-21-38-36(42)34(23-29-14-8-6-9-15-29)39(25-30-16-12-13-27(2)22-30)35(41)26-40(31-20-19-28(3)33(37)24-31)45(43,44)32-17-10-7-11-18-32/h6-20,22,24,34H,4-5,21,23,25-26H2,1-3H3,(H,38,42)/t34-/m0/s1. The van der Waals surface area contributed by atoms with E-state index in [0.29, 0.717) is 11.6 Å². The number of amides is 2. The Labute approximate surface area is 271 Å². The van der Waals surface area contributed by atoms with Crippen LogP contribution in [0.2, 0.25) is 5.02 Å². The van der Waals surface area contributed by atoms with Gasteiger partial charge in [-0.3, -0.25) is 13.9 Å². The molecule has 0 radical (unpaired) electrons. The van der Waals surface area contributed by atoms with Crippen LogP contribution in [0.3, 0.4) is 0 Å². The van der Waals surface area contributed by atoms with E-state index in [9.17, 15) is 18.0 Å². The molecule has 9 heteroatoms. The van der Waals surface area contributed by atoms with Gasteiger partial charge in [-0.05, 0) is 61.2 Å². The van der Waals surface area contributed by atoms with Gasteiger partial charge < -0.3 is 10.2 Å². The second-order valence-corrected chi connectivity index (χ2v) is 13.4. The van der Waals surface area contributed by atoms with Crippen LogP contribution in [-0.2, 0) is 32.6 Å². The van der Waals surface area contributed by atoms with Crippen molar-refractivity contribution in [1.82, 2.24) is 10.2 Å². The molecule has 0 spiro atoms. The Morgan fingerprint density at radius 1 is 0.844 bits per heavy atom. The van der Waals surface area contributed by atoms with Crippen molar-refractivity contribution in [2.75, 3.05) is 17.4 Å². The van der Waals surface area contributed by atoms with Gasteiger partial charge in [0.1, 0.15) is 12.6 Å². The predicted molar refractivity (Wildman–Crippen MR) is 181 cm³/mol. The second kappa shape index (κ2) is 15.7. The molecular formula is C36H40ClN3O4S. The van der Waals surface area contributed by atoms with Crippen LogP contribution in [0, 0.1) is 13.8 Å². The molecule has 0 aliphatic heterocycles. The van der Waals surface area contributed by atoms with Gasteiger partial charge in [0.05, 0.1) is 10.6 Å². The molecule has 0 fully saturated rings. The number of benzene rings is 4. The number of hydrogen-bond donors (Lipinski definition) is 1. The number of rotatable bonds is 14. The number of nitrogens with zero attached hydrogens (tertiary/aromatic N) is 2. The highest BCUT2D eigenvalue weighted by molar-refractivity contribution is 7.92. The first-order valence-corrected chi connectivity index (χ1v) is 16.9. The maximum atomic E-state index is 14.5. The fraction of sp³-hybridized carbons (Fsp3) is 0.278. The van der Waals surface area contributed by atoms with Gasteiger partial charge in [-0.1, -0.05) is 109 Å². The number of halogens is 1. The maximum absolute atomic E-state index is 14.5. The SMILES string of the molecule is CCCCNC(=O)[C@H](Cc1ccccc1)N(Cc1cccc(C)c1)C(=O)CN(c1ccc(C)c(Cl)c1)S(=O)(=O)c1ccccc1. The summed E-state index contributed by atoms with van der Waals surface area (Å²) in [4.78, 5) is 29.9. The Kier molecular flexibility index (Phi) is 11.8. The molecule has 2 amide bonds. The first kappa shape index (κ1) is 33.7. The van der Waals surface area contributed by atoms with Crippen LogP contribution < -0.4 is 9.62 Å². The molecule has 4 rings (SSSR count). The number of sulfonamides is 1. The third-order valence-electron chi connectivity index (χ3n) is 7.59. The summed E-state index contributed by atoms with van der Waals surface area (Å²) in [5, 5.41) is 3.39. The smallest absolute Gasteiger partial charge is 0.264 e. The highest BCUT2D eigenvalue weighted by Crippen LogP contribution is 2.29. The Morgan fingerprint density at radius 3 is 2.16 bits per heavy atom. The van der Waals surface area contributed by atoms with Crippen LogP contribution in [0.1, 0.15) is 42.0 Å². The lowest BCUT2D eigenvalue weighted by molar-refractivity contribution is -0.140. The molecule has 4 aromatic carbocycles. The zero-order valence-corrected chi connectivity index (χ0v) is 27.5. The molecule has 45 heavy (non-hydrogen) atoms. The molecule has 1 atom stereocenters. The lowest BCUT2D eigenvalue weighted by Crippen LogP contribution is -2.53. The van der Waals surface area contributed by atoms with Crippen LogP contribution in [0.5, 0.6) is 0 Å². The molecular weight excluding hydrogens is 606 g/mol. The van der Waals surface area contributed by atoms with Crippen LogP contribution in [0.15, 0.2) is 108 Å². The van der Waals surface area contributed by atoms with Crippen LogP contribution >= 0.6 is 11.6 Å². The average Bonchev–Trinajstić information content (AvgIpc) is 3.03. The number of aryl methyl sites for hydroxylation is 2. The van der Waals surface area contributed by atoms with E-state index in [1.165, 1.54) is 17.0 Å². The van der Waals surface area contributed by atoms with E-state index in [-0.39, 0.29) is 29.5 Å². The highest BCUT2D eigenvalue weighted by Gasteiger charge is 2.34. The molecule has 4 aromatic rings. The topological polar surface area (TPSA) is 86.8 Å². The summed E-state index contributed by atoms with van der Waals surface area (Å²) < 4.78 is 29.3. The second-order valence-electron chi connectivity index (χ2n) is 11.1. The Hall–Kier alpha value is -4.14. The first-order valence-electron chi connectivity index (χ1n) is 15.1. The fourth-order valence-corrected chi connectivity index (χ4v) is 6.65. The molecule has 0 aromatic heterocycles. The van der Waals surface area contributed by atoms with Gasteiger partial charge in [0.2, 0.25) is 11.8 Å². The van der Waals surface area contributed by atoms with Gasteiger partial charge in [0.15, 0.2) is 0 Å². The van der Waals surface area contributed by atoms with E-state index in [1.54, 1.807) is 36.4 Å². The molecule has 7 nitrogen and oxygen atoms in total. The van der Waals surface area contributed by atoms with Gasteiger partial charge in [0, 0.05) is 24.5 Å². The Morgan fingerprint density at radius 2 is 1.51 bits per heavy atom. The summed E-state index contributed by atoms with van der Waals surface area (Å²) in [6.45, 7) is 5.89. The van der Waals surface area contributed by atoms with Gasteiger partial charge in [0.25, 0.3) is 10.0 Å². The minimum absolute atomic E-state index is 0.0397. The number of carbonyl (C=O) groups excluding carboxylic acids is 2. The summed E-state index contributed by atoms with van der Waals surface area (Å²) in [7, 11) is -4.19. The number of nitrogens with one attached hydrogen (secondary N) is 1. The van der Waals surface area contributed by atoms with E-state index in [4.69, 9.17) is 11.6 Å². The number of carbonyl (C=O) groups is 2. The van der Waals surface area contributed by atoms with E-state index in [2.05, 4.69) is 5.32 Å². The van der Waals surface area contributed by atoms with Crippen molar-refractivity contribution in [1.29, 1.82) is 0 Å². The number of anilines is 1. The van der Waals surface area contributed by atoms with E-state index >= 15 is 0 Å². The third-order valence-corrected chi connectivity index (χ3v) is 9.78. The predicted octanol–water partition coefficient (Wildman–Crippen LogP) is 6.71. The summed E-state index contributed by atoms with van der Waals surface area (Å²) in [5.41, 5.74) is 3.75. The van der Waals surface area contributed by atoms with Gasteiger partial charge >= 0.3 is 0 Å². The van der Waals surface area contributed by atoms with Gasteiger partial charge in [-0.15, -0.1) is 0 Å². The van der Waals surface area contributed by atoms with Crippen molar-refractivity contribution in [2.45, 2.75) is 57.5 Å². The van der Waals surface area contributed by atoms with Crippen LogP contribution in [0.4, 0.5) is 5.69 Å². The van der Waals surface area contributed by atoms with Crippen LogP contribution in [0.25, 0.3) is 0 Å². The molecule has 0 saturated carbocycles. The van der Waals surface area contributed by atoms with Crippen molar-refractivity contribution in [3.05, 3.63) is 130 Å². The molecule has 1 N–H and O–H groups in total. The monoisotopic (exact) mass is 645 g/mol. The van der Waals surface area contributed by atoms with Crippen LogP contribution in [-0.4, -0.2) is 44.3 Å². The molecule has 0 aliphatic carbocycles. The maximum Gasteiger partial charge on any atom is 0.264 e. The average molecular weight is 646 g/mol. The van der Waals surface area contributed by atoms with E-state index < -0.39 is 28.5 Å². The Bertz CT molecular complexity index is 1700. The quantitative estimate of drug-likeness (QED) is 0.155. The highest BCUT2D eigenvalue weighted by atomic mass is 35.5. The van der Waals surface area contributed by atoms with E-state index in [1.807, 2.05) is 75.4 Å². The van der Waals surface area contributed by atoms with Crippen molar-refractivity contribution in [3.8, 4) is 0 Å².